The summed E-state index contributed by atoms with van der Waals surface area (Å²) in [7, 11) is 0. The fourth-order valence-electron chi connectivity index (χ4n) is 2.04. The van der Waals surface area contributed by atoms with E-state index in [1.165, 1.54) is 30.0 Å². The van der Waals surface area contributed by atoms with E-state index in [9.17, 15) is 18.0 Å². The van der Waals surface area contributed by atoms with Gasteiger partial charge in [0.05, 0.1) is 6.04 Å². The van der Waals surface area contributed by atoms with Crippen LogP contribution in [-0.4, -0.2) is 11.7 Å². The van der Waals surface area contributed by atoms with Crippen LogP contribution in [0.3, 0.4) is 0 Å². The van der Waals surface area contributed by atoms with Crippen LogP contribution in [0, 0.1) is 17.5 Å². The van der Waals surface area contributed by atoms with E-state index in [2.05, 4.69) is 5.32 Å². The number of carbonyl (C=O) groups excluding carboxylic acids is 1. The summed E-state index contributed by atoms with van der Waals surface area (Å²) in [5.41, 5.74) is 0.242. The highest BCUT2D eigenvalue weighted by Crippen LogP contribution is 2.20. The summed E-state index contributed by atoms with van der Waals surface area (Å²) in [6, 6.07) is 8.75. The maximum Gasteiger partial charge on any atom is 0.221 e. The maximum absolute atomic E-state index is 13.6. The number of halogens is 3. The molecule has 0 heterocycles. The van der Waals surface area contributed by atoms with Crippen molar-refractivity contribution in [3.63, 3.8) is 0 Å². The number of hydrogen-bond acceptors (Lipinski definition) is 2. The topological polar surface area (TPSA) is 29.1 Å². The fraction of sp³-hybridized carbons (Fsp3) is 0.235. The molecule has 2 aromatic carbocycles. The molecule has 0 aliphatic rings. The summed E-state index contributed by atoms with van der Waals surface area (Å²) in [5, 5.41) is 2.68. The third kappa shape index (κ3) is 5.32. The van der Waals surface area contributed by atoms with Crippen molar-refractivity contribution in [3.8, 4) is 0 Å². The second-order valence-electron chi connectivity index (χ2n) is 5.01. The molecule has 0 radical (unpaired) electrons. The van der Waals surface area contributed by atoms with Gasteiger partial charge >= 0.3 is 0 Å². The van der Waals surface area contributed by atoms with Crippen LogP contribution in [0.25, 0.3) is 0 Å². The highest BCUT2D eigenvalue weighted by molar-refractivity contribution is 7.99. The van der Waals surface area contributed by atoms with E-state index in [0.29, 0.717) is 5.75 Å². The molecule has 23 heavy (non-hydrogen) atoms. The number of rotatable bonds is 6. The number of hydrogen-bond donors (Lipinski definition) is 1. The van der Waals surface area contributed by atoms with Crippen molar-refractivity contribution in [3.05, 3.63) is 65.5 Å². The second kappa shape index (κ2) is 8.06. The smallest absolute Gasteiger partial charge is 0.221 e. The van der Waals surface area contributed by atoms with Crippen molar-refractivity contribution in [2.75, 3.05) is 5.75 Å². The quantitative estimate of drug-likeness (QED) is 0.787. The Morgan fingerprint density at radius 3 is 2.39 bits per heavy atom. The molecule has 0 aromatic heterocycles. The van der Waals surface area contributed by atoms with E-state index in [-0.39, 0.29) is 23.7 Å². The van der Waals surface area contributed by atoms with Crippen LogP contribution >= 0.6 is 11.8 Å². The lowest BCUT2D eigenvalue weighted by molar-refractivity contribution is -0.121. The molecule has 2 rings (SSSR count). The predicted molar refractivity (Wildman–Crippen MR) is 84.7 cm³/mol. The minimum atomic E-state index is -0.682. The van der Waals surface area contributed by atoms with Crippen molar-refractivity contribution in [1.82, 2.24) is 5.32 Å². The van der Waals surface area contributed by atoms with Crippen LogP contribution in [-0.2, 0) is 4.79 Å². The SMILES string of the molecule is C[C@H](NC(=O)CCSc1ccc(F)cc1)c1ccc(F)cc1F. The van der Waals surface area contributed by atoms with Gasteiger partial charge in [-0.25, -0.2) is 13.2 Å². The first-order valence-electron chi connectivity index (χ1n) is 7.08. The molecule has 0 unspecified atom stereocenters. The second-order valence-corrected chi connectivity index (χ2v) is 6.18. The summed E-state index contributed by atoms with van der Waals surface area (Å²) in [6.45, 7) is 1.64. The summed E-state index contributed by atoms with van der Waals surface area (Å²) in [4.78, 5) is 12.7. The average molecular weight is 339 g/mol. The van der Waals surface area contributed by atoms with Gasteiger partial charge in [-0.2, -0.15) is 0 Å². The average Bonchev–Trinajstić information content (AvgIpc) is 2.49. The van der Waals surface area contributed by atoms with E-state index in [1.807, 2.05) is 0 Å². The fourth-order valence-corrected chi connectivity index (χ4v) is 2.89. The molecule has 0 spiro atoms. The Hall–Kier alpha value is -1.95. The van der Waals surface area contributed by atoms with Gasteiger partial charge in [-0.15, -0.1) is 11.8 Å². The lowest BCUT2D eigenvalue weighted by Crippen LogP contribution is -2.27. The Morgan fingerprint density at radius 2 is 1.74 bits per heavy atom. The van der Waals surface area contributed by atoms with Crippen molar-refractivity contribution in [1.29, 1.82) is 0 Å². The molecule has 0 aliphatic carbocycles. The number of thioether (sulfide) groups is 1. The van der Waals surface area contributed by atoms with Crippen molar-refractivity contribution in [2.24, 2.45) is 0 Å². The molecule has 0 saturated carbocycles. The maximum atomic E-state index is 13.6. The first-order chi connectivity index (χ1) is 11.0. The summed E-state index contributed by atoms with van der Waals surface area (Å²) in [5.74, 6) is -1.34. The molecule has 0 saturated heterocycles. The van der Waals surface area contributed by atoms with Gasteiger partial charge in [0.1, 0.15) is 17.5 Å². The van der Waals surface area contributed by atoms with Gasteiger partial charge in [0.25, 0.3) is 0 Å². The molecule has 2 nitrogen and oxygen atoms in total. The van der Waals surface area contributed by atoms with Gasteiger partial charge in [0.2, 0.25) is 5.91 Å². The molecule has 1 atom stereocenters. The third-order valence-electron chi connectivity index (χ3n) is 3.22. The van der Waals surface area contributed by atoms with Crippen LogP contribution in [0.15, 0.2) is 47.4 Å². The molecule has 1 N–H and O–H groups in total. The Morgan fingerprint density at radius 1 is 1.09 bits per heavy atom. The molecule has 0 fully saturated rings. The van der Waals surface area contributed by atoms with Crippen molar-refractivity contribution < 1.29 is 18.0 Å². The number of benzene rings is 2. The lowest BCUT2D eigenvalue weighted by atomic mass is 10.1. The first-order valence-corrected chi connectivity index (χ1v) is 8.07. The number of nitrogens with one attached hydrogen (secondary N) is 1. The molecule has 6 heteroatoms. The zero-order valence-corrected chi connectivity index (χ0v) is 13.3. The Balaban J connectivity index is 1.81. The highest BCUT2D eigenvalue weighted by atomic mass is 32.2. The Bertz CT molecular complexity index is 676. The zero-order valence-electron chi connectivity index (χ0n) is 12.5. The van der Waals surface area contributed by atoms with Gasteiger partial charge in [0, 0.05) is 28.7 Å². The zero-order chi connectivity index (χ0) is 16.8. The molecular weight excluding hydrogens is 323 g/mol. The third-order valence-corrected chi connectivity index (χ3v) is 4.23. The van der Waals surface area contributed by atoms with Crippen molar-refractivity contribution in [2.45, 2.75) is 24.3 Å². The van der Waals surface area contributed by atoms with Crippen LogP contribution < -0.4 is 5.32 Å². The van der Waals surface area contributed by atoms with Crippen LogP contribution in [0.5, 0.6) is 0 Å². The normalized spacial score (nSPS) is 12.0. The van der Waals surface area contributed by atoms with Crippen LogP contribution in [0.2, 0.25) is 0 Å². The van der Waals surface area contributed by atoms with Crippen molar-refractivity contribution >= 4 is 17.7 Å². The van der Waals surface area contributed by atoms with Crippen LogP contribution in [0.4, 0.5) is 13.2 Å². The summed E-state index contributed by atoms with van der Waals surface area (Å²) < 4.78 is 39.3. The summed E-state index contributed by atoms with van der Waals surface area (Å²) >= 11 is 1.43. The van der Waals surface area contributed by atoms with Crippen LogP contribution in [0.1, 0.15) is 24.9 Å². The number of amides is 1. The molecule has 1 amide bonds. The largest absolute Gasteiger partial charge is 0.349 e. The van der Waals surface area contributed by atoms with Gasteiger partial charge in [-0.1, -0.05) is 6.07 Å². The highest BCUT2D eigenvalue weighted by Gasteiger charge is 2.14. The molecular formula is C17H16F3NOS. The monoisotopic (exact) mass is 339 g/mol. The predicted octanol–water partition coefficient (Wildman–Crippen LogP) is 4.46. The molecule has 0 aliphatic heterocycles. The minimum Gasteiger partial charge on any atom is -0.349 e. The Labute approximate surface area is 137 Å². The van der Waals surface area contributed by atoms with E-state index in [1.54, 1.807) is 19.1 Å². The summed E-state index contributed by atoms with van der Waals surface area (Å²) in [6.07, 6.45) is 0.245. The molecule has 0 bridgehead atoms. The van der Waals surface area contributed by atoms with Gasteiger partial charge in [0.15, 0.2) is 0 Å². The number of carbonyl (C=O) groups is 1. The van der Waals surface area contributed by atoms with E-state index >= 15 is 0 Å². The Kier molecular flexibility index (Phi) is 6.10. The van der Waals surface area contributed by atoms with Gasteiger partial charge < -0.3 is 5.32 Å². The van der Waals surface area contributed by atoms with Gasteiger partial charge in [-0.05, 0) is 37.3 Å². The lowest BCUT2D eigenvalue weighted by Gasteiger charge is -2.15. The minimum absolute atomic E-state index is 0.226. The molecule has 2 aromatic rings. The standard InChI is InChI=1S/C17H16F3NOS/c1-11(15-7-4-13(19)10-16(15)20)21-17(22)8-9-23-14-5-2-12(18)3-6-14/h2-7,10-11H,8-9H2,1H3,(H,21,22)/t11-/m0/s1. The van der Waals surface area contributed by atoms with E-state index in [0.717, 1.165) is 17.0 Å². The van der Waals surface area contributed by atoms with E-state index in [4.69, 9.17) is 0 Å². The first kappa shape index (κ1) is 17.4. The van der Waals surface area contributed by atoms with E-state index < -0.39 is 17.7 Å². The van der Waals surface area contributed by atoms with Gasteiger partial charge in [-0.3, -0.25) is 4.79 Å². The molecule has 122 valence electrons.